The van der Waals surface area contributed by atoms with Crippen molar-refractivity contribution in [1.82, 2.24) is 4.31 Å². The standard InChI is InChI=1S/C15H26N2O2S/c1-6-15(16)13-8-7-9-14(10-13)20(18,19)17(5)12(4)11(2)3/h7-12,15H,6,16H2,1-5H3. The Morgan fingerprint density at radius 2 is 1.85 bits per heavy atom. The Hall–Kier alpha value is -0.910. The molecule has 2 atom stereocenters. The molecule has 0 bridgehead atoms. The fourth-order valence-corrected chi connectivity index (χ4v) is 3.50. The van der Waals surface area contributed by atoms with E-state index in [0.29, 0.717) is 4.90 Å². The van der Waals surface area contributed by atoms with Crippen LogP contribution in [0.4, 0.5) is 0 Å². The van der Waals surface area contributed by atoms with Gasteiger partial charge < -0.3 is 5.73 Å². The molecule has 1 rings (SSSR count). The molecule has 0 saturated heterocycles. The minimum Gasteiger partial charge on any atom is -0.324 e. The molecule has 0 heterocycles. The van der Waals surface area contributed by atoms with E-state index >= 15 is 0 Å². The molecule has 0 fully saturated rings. The van der Waals surface area contributed by atoms with Crippen LogP contribution in [0.5, 0.6) is 0 Å². The van der Waals surface area contributed by atoms with E-state index in [1.807, 2.05) is 33.8 Å². The fourth-order valence-electron chi connectivity index (χ4n) is 1.95. The SMILES string of the molecule is CCC(N)c1cccc(S(=O)(=O)N(C)C(C)C(C)C)c1. The molecule has 20 heavy (non-hydrogen) atoms. The zero-order valence-electron chi connectivity index (χ0n) is 13.0. The second kappa shape index (κ2) is 6.70. The quantitative estimate of drug-likeness (QED) is 0.878. The number of sulfonamides is 1. The topological polar surface area (TPSA) is 63.4 Å². The molecular weight excluding hydrogens is 272 g/mol. The van der Waals surface area contributed by atoms with Crippen LogP contribution in [0, 0.1) is 5.92 Å². The van der Waals surface area contributed by atoms with Crippen molar-refractivity contribution in [2.75, 3.05) is 7.05 Å². The van der Waals surface area contributed by atoms with Crippen molar-refractivity contribution in [1.29, 1.82) is 0 Å². The smallest absolute Gasteiger partial charge is 0.243 e. The molecule has 114 valence electrons. The summed E-state index contributed by atoms with van der Waals surface area (Å²) in [5, 5.41) is 0. The van der Waals surface area contributed by atoms with Gasteiger partial charge >= 0.3 is 0 Å². The predicted molar refractivity (Wildman–Crippen MR) is 82.9 cm³/mol. The summed E-state index contributed by atoms with van der Waals surface area (Å²) in [6, 6.07) is 6.77. The highest BCUT2D eigenvalue weighted by Gasteiger charge is 2.27. The summed E-state index contributed by atoms with van der Waals surface area (Å²) in [7, 11) is -1.84. The first-order chi connectivity index (χ1) is 9.21. The van der Waals surface area contributed by atoms with E-state index in [4.69, 9.17) is 5.73 Å². The molecule has 0 saturated carbocycles. The summed E-state index contributed by atoms with van der Waals surface area (Å²) < 4.78 is 26.7. The van der Waals surface area contributed by atoms with Crippen molar-refractivity contribution >= 4 is 10.0 Å². The predicted octanol–water partition coefficient (Wildman–Crippen LogP) is 2.76. The Morgan fingerprint density at radius 1 is 1.25 bits per heavy atom. The summed E-state index contributed by atoms with van der Waals surface area (Å²) in [4.78, 5) is 0.314. The van der Waals surface area contributed by atoms with Gasteiger partial charge in [0.2, 0.25) is 10.0 Å². The summed E-state index contributed by atoms with van der Waals surface area (Å²) >= 11 is 0. The van der Waals surface area contributed by atoms with Crippen molar-refractivity contribution in [3.05, 3.63) is 29.8 Å². The average Bonchev–Trinajstić information content (AvgIpc) is 2.44. The molecule has 1 aromatic carbocycles. The number of hydrogen-bond donors (Lipinski definition) is 1. The maximum atomic E-state index is 12.6. The lowest BCUT2D eigenvalue weighted by Gasteiger charge is -2.27. The second-order valence-electron chi connectivity index (χ2n) is 5.59. The van der Waals surface area contributed by atoms with Crippen LogP contribution in [0.2, 0.25) is 0 Å². The van der Waals surface area contributed by atoms with Gasteiger partial charge in [-0.25, -0.2) is 8.42 Å². The van der Waals surface area contributed by atoms with Crippen molar-refractivity contribution in [2.24, 2.45) is 11.7 Å². The summed E-state index contributed by atoms with van der Waals surface area (Å²) in [5.41, 5.74) is 6.84. The molecule has 0 aliphatic rings. The zero-order valence-corrected chi connectivity index (χ0v) is 13.8. The van der Waals surface area contributed by atoms with Crippen molar-refractivity contribution in [2.45, 2.75) is 51.1 Å². The summed E-state index contributed by atoms with van der Waals surface area (Å²) in [6.07, 6.45) is 0.780. The molecule has 2 N–H and O–H groups in total. The van der Waals surface area contributed by atoms with Gasteiger partial charge in [-0.2, -0.15) is 4.31 Å². The highest BCUT2D eigenvalue weighted by Crippen LogP contribution is 2.23. The Bertz CT molecular complexity index is 541. The van der Waals surface area contributed by atoms with Crippen LogP contribution in [0.25, 0.3) is 0 Å². The van der Waals surface area contributed by atoms with Gasteiger partial charge in [-0.05, 0) is 37.0 Å². The third-order valence-electron chi connectivity index (χ3n) is 3.94. The number of benzene rings is 1. The van der Waals surface area contributed by atoms with Crippen LogP contribution >= 0.6 is 0 Å². The summed E-state index contributed by atoms with van der Waals surface area (Å²) in [5.74, 6) is 0.260. The molecular formula is C15H26N2O2S. The number of nitrogens with two attached hydrogens (primary N) is 1. The lowest BCUT2D eigenvalue weighted by Crippen LogP contribution is -2.38. The van der Waals surface area contributed by atoms with E-state index in [9.17, 15) is 8.42 Å². The van der Waals surface area contributed by atoms with E-state index in [0.717, 1.165) is 12.0 Å². The molecule has 2 unspecified atom stereocenters. The average molecular weight is 298 g/mol. The van der Waals surface area contributed by atoms with E-state index in [-0.39, 0.29) is 18.0 Å². The van der Waals surface area contributed by atoms with Crippen molar-refractivity contribution < 1.29 is 8.42 Å². The normalized spacial score (nSPS) is 15.6. The number of nitrogens with zero attached hydrogens (tertiary/aromatic N) is 1. The Morgan fingerprint density at radius 3 is 2.35 bits per heavy atom. The zero-order chi connectivity index (χ0) is 15.5. The molecule has 1 aromatic rings. The first kappa shape index (κ1) is 17.1. The Kier molecular flexibility index (Phi) is 5.74. The Balaban J connectivity index is 3.16. The largest absolute Gasteiger partial charge is 0.324 e. The van der Waals surface area contributed by atoms with Gasteiger partial charge in [-0.1, -0.05) is 32.9 Å². The van der Waals surface area contributed by atoms with Crippen molar-refractivity contribution in [3.63, 3.8) is 0 Å². The van der Waals surface area contributed by atoms with Crippen LogP contribution < -0.4 is 5.73 Å². The Labute approximate surface area is 123 Å². The first-order valence-corrected chi connectivity index (χ1v) is 8.49. The summed E-state index contributed by atoms with van der Waals surface area (Å²) in [6.45, 7) is 7.93. The van der Waals surface area contributed by atoms with Gasteiger partial charge in [-0.15, -0.1) is 0 Å². The highest BCUT2D eigenvalue weighted by molar-refractivity contribution is 7.89. The van der Waals surface area contributed by atoms with E-state index in [1.54, 1.807) is 25.2 Å². The lowest BCUT2D eigenvalue weighted by molar-refractivity contribution is 0.315. The van der Waals surface area contributed by atoms with Crippen LogP contribution in [-0.4, -0.2) is 25.8 Å². The first-order valence-electron chi connectivity index (χ1n) is 7.05. The van der Waals surface area contributed by atoms with Gasteiger partial charge in [0.25, 0.3) is 0 Å². The van der Waals surface area contributed by atoms with Crippen LogP contribution in [0.3, 0.4) is 0 Å². The molecule has 0 aliphatic carbocycles. The molecule has 4 nitrogen and oxygen atoms in total. The third-order valence-corrected chi connectivity index (χ3v) is 5.88. The number of hydrogen-bond acceptors (Lipinski definition) is 3. The van der Waals surface area contributed by atoms with Gasteiger partial charge in [0.05, 0.1) is 4.90 Å². The third kappa shape index (κ3) is 3.59. The molecule has 0 aliphatic heterocycles. The minimum atomic E-state index is -3.47. The minimum absolute atomic E-state index is 0.0523. The van der Waals surface area contributed by atoms with E-state index in [1.165, 1.54) is 4.31 Å². The van der Waals surface area contributed by atoms with Crippen LogP contribution in [-0.2, 0) is 10.0 Å². The lowest BCUT2D eigenvalue weighted by atomic mass is 10.1. The fraction of sp³-hybridized carbons (Fsp3) is 0.600. The van der Waals surface area contributed by atoms with Gasteiger partial charge in [0, 0.05) is 19.1 Å². The molecule has 5 heteroatoms. The van der Waals surface area contributed by atoms with Gasteiger partial charge in [0.15, 0.2) is 0 Å². The van der Waals surface area contributed by atoms with E-state index in [2.05, 4.69) is 0 Å². The molecule has 0 spiro atoms. The molecule has 0 amide bonds. The second-order valence-corrected chi connectivity index (χ2v) is 7.59. The van der Waals surface area contributed by atoms with Gasteiger partial charge in [0.1, 0.15) is 0 Å². The molecule has 0 aromatic heterocycles. The van der Waals surface area contributed by atoms with Crippen LogP contribution in [0.15, 0.2) is 29.2 Å². The van der Waals surface area contributed by atoms with E-state index < -0.39 is 10.0 Å². The number of rotatable bonds is 6. The maximum Gasteiger partial charge on any atom is 0.243 e. The highest BCUT2D eigenvalue weighted by atomic mass is 32.2. The maximum absolute atomic E-state index is 12.6. The van der Waals surface area contributed by atoms with Gasteiger partial charge in [-0.3, -0.25) is 0 Å². The molecule has 0 radical (unpaired) electrons. The monoisotopic (exact) mass is 298 g/mol. The van der Waals surface area contributed by atoms with Crippen molar-refractivity contribution in [3.8, 4) is 0 Å². The van der Waals surface area contributed by atoms with Crippen LogP contribution in [0.1, 0.15) is 45.7 Å².